The molecule has 0 saturated carbocycles. The highest BCUT2D eigenvalue weighted by Gasteiger charge is 2.42. The molecule has 3 atom stereocenters. The van der Waals surface area contributed by atoms with Crippen molar-refractivity contribution >= 4 is 11.6 Å². The van der Waals surface area contributed by atoms with Crippen molar-refractivity contribution in [2.24, 2.45) is 11.8 Å². The number of hydrogen-bond donors (Lipinski definition) is 1. The highest BCUT2D eigenvalue weighted by Crippen LogP contribution is 2.34. The molecule has 2 saturated heterocycles. The molecule has 0 aromatic carbocycles. The van der Waals surface area contributed by atoms with Crippen LogP contribution < -0.4 is 5.32 Å². The first-order valence-corrected chi connectivity index (χ1v) is 5.88. The fourth-order valence-electron chi connectivity index (χ4n) is 3.07. The summed E-state index contributed by atoms with van der Waals surface area (Å²) in [7, 11) is 0. The minimum absolute atomic E-state index is 0.713. The van der Waals surface area contributed by atoms with Gasteiger partial charge in [0, 0.05) is 24.2 Å². The molecule has 2 aliphatic rings. The summed E-state index contributed by atoms with van der Waals surface area (Å²) in [5.74, 6) is 1.69. The van der Waals surface area contributed by atoms with Crippen LogP contribution in [-0.2, 0) is 0 Å². The maximum Gasteiger partial charge on any atom is 0.0338 e. The number of hydrogen-bond acceptors (Lipinski definition) is 2. The normalized spacial score (nSPS) is 37.4. The number of nitrogens with zero attached hydrogens (tertiary/aromatic N) is 1. The van der Waals surface area contributed by atoms with E-state index in [0.717, 1.165) is 23.4 Å². The van der Waals surface area contributed by atoms with Crippen molar-refractivity contribution in [2.45, 2.75) is 19.4 Å². The summed E-state index contributed by atoms with van der Waals surface area (Å²) >= 11 is 5.88. The summed E-state index contributed by atoms with van der Waals surface area (Å²) in [6.45, 7) is 10.5. The predicted octanol–water partition coefficient (Wildman–Crippen LogP) is 1.67. The van der Waals surface area contributed by atoms with Crippen molar-refractivity contribution in [1.82, 2.24) is 10.2 Å². The molecule has 2 aliphatic heterocycles. The summed E-state index contributed by atoms with van der Waals surface area (Å²) in [4.78, 5) is 2.51. The number of fused-ring (bicyclic) bond motifs is 1. The van der Waals surface area contributed by atoms with E-state index in [1.54, 1.807) is 0 Å². The van der Waals surface area contributed by atoms with Gasteiger partial charge in [-0.3, -0.25) is 4.90 Å². The molecule has 0 aromatic heterocycles. The quantitative estimate of drug-likeness (QED) is 0.769. The van der Waals surface area contributed by atoms with Gasteiger partial charge in [-0.05, 0) is 31.3 Å². The molecule has 3 heteroatoms. The predicted molar refractivity (Wildman–Crippen MR) is 60.5 cm³/mol. The van der Waals surface area contributed by atoms with Gasteiger partial charge in [0.15, 0.2) is 0 Å². The van der Waals surface area contributed by atoms with Crippen molar-refractivity contribution in [3.63, 3.8) is 0 Å². The van der Waals surface area contributed by atoms with Crippen molar-refractivity contribution in [2.75, 3.05) is 26.2 Å². The molecule has 14 heavy (non-hydrogen) atoms. The zero-order valence-corrected chi connectivity index (χ0v) is 9.56. The van der Waals surface area contributed by atoms with Crippen molar-refractivity contribution in [1.29, 1.82) is 0 Å². The van der Waals surface area contributed by atoms with E-state index >= 15 is 0 Å². The fraction of sp³-hybridized carbons (Fsp3) is 0.818. The lowest BCUT2D eigenvalue weighted by atomic mass is 9.93. The zero-order chi connectivity index (χ0) is 10.1. The van der Waals surface area contributed by atoms with Gasteiger partial charge in [-0.2, -0.15) is 0 Å². The Hall–Kier alpha value is -0.0500. The smallest absolute Gasteiger partial charge is 0.0338 e. The Morgan fingerprint density at radius 2 is 2.36 bits per heavy atom. The zero-order valence-electron chi connectivity index (χ0n) is 8.80. The second-order valence-electron chi connectivity index (χ2n) is 4.50. The van der Waals surface area contributed by atoms with Gasteiger partial charge in [-0.25, -0.2) is 0 Å². The van der Waals surface area contributed by atoms with Crippen LogP contribution in [0.1, 0.15) is 13.3 Å². The number of likely N-dealkylation sites (tertiary alicyclic amines) is 1. The molecular weight excluding hydrogens is 196 g/mol. The van der Waals surface area contributed by atoms with E-state index in [1.165, 1.54) is 26.1 Å². The van der Waals surface area contributed by atoms with Crippen LogP contribution >= 0.6 is 11.6 Å². The summed E-state index contributed by atoms with van der Waals surface area (Å²) in [5.41, 5.74) is 0. The molecule has 2 rings (SSSR count). The Bertz CT molecular complexity index is 229. The van der Waals surface area contributed by atoms with Gasteiger partial charge in [0.2, 0.25) is 0 Å². The Balaban J connectivity index is 2.02. The molecule has 0 radical (unpaired) electrons. The van der Waals surface area contributed by atoms with Gasteiger partial charge in [0.25, 0.3) is 0 Å². The monoisotopic (exact) mass is 214 g/mol. The van der Waals surface area contributed by atoms with Crippen molar-refractivity contribution < 1.29 is 0 Å². The van der Waals surface area contributed by atoms with E-state index in [-0.39, 0.29) is 0 Å². The van der Waals surface area contributed by atoms with Gasteiger partial charge in [-0.1, -0.05) is 25.1 Å². The third-order valence-electron chi connectivity index (χ3n) is 3.62. The largest absolute Gasteiger partial charge is 0.316 e. The Morgan fingerprint density at radius 3 is 3.00 bits per heavy atom. The van der Waals surface area contributed by atoms with Crippen LogP contribution in [0.2, 0.25) is 0 Å². The molecule has 3 unspecified atom stereocenters. The van der Waals surface area contributed by atoms with Gasteiger partial charge >= 0.3 is 0 Å². The Morgan fingerprint density at radius 1 is 1.57 bits per heavy atom. The lowest BCUT2D eigenvalue weighted by molar-refractivity contribution is 0.238. The second-order valence-corrected chi connectivity index (χ2v) is 5.04. The first kappa shape index (κ1) is 10.5. The molecule has 0 aliphatic carbocycles. The van der Waals surface area contributed by atoms with Crippen LogP contribution in [0.5, 0.6) is 0 Å². The summed E-state index contributed by atoms with van der Waals surface area (Å²) < 4.78 is 0. The molecular formula is C11H19ClN2. The molecule has 0 bridgehead atoms. The third kappa shape index (κ3) is 1.83. The van der Waals surface area contributed by atoms with Crippen molar-refractivity contribution in [3.05, 3.63) is 11.6 Å². The number of nitrogens with one attached hydrogen (secondary N) is 1. The number of rotatable bonds is 3. The molecule has 2 fully saturated rings. The van der Waals surface area contributed by atoms with Crippen molar-refractivity contribution in [3.8, 4) is 0 Å². The van der Waals surface area contributed by atoms with E-state index in [0.29, 0.717) is 6.04 Å². The topological polar surface area (TPSA) is 15.3 Å². The van der Waals surface area contributed by atoms with E-state index in [9.17, 15) is 0 Å². The van der Waals surface area contributed by atoms with Gasteiger partial charge in [0.1, 0.15) is 0 Å². The average Bonchev–Trinajstić information content (AvgIpc) is 2.62. The molecule has 2 nitrogen and oxygen atoms in total. The fourth-order valence-corrected chi connectivity index (χ4v) is 3.23. The molecule has 0 spiro atoms. The minimum Gasteiger partial charge on any atom is -0.316 e. The van der Waals surface area contributed by atoms with E-state index in [2.05, 4.69) is 23.7 Å². The van der Waals surface area contributed by atoms with Crippen LogP contribution in [-0.4, -0.2) is 37.1 Å². The van der Waals surface area contributed by atoms with Gasteiger partial charge < -0.3 is 5.32 Å². The van der Waals surface area contributed by atoms with Crippen LogP contribution in [0.4, 0.5) is 0 Å². The van der Waals surface area contributed by atoms with Crippen LogP contribution in [0.15, 0.2) is 11.6 Å². The molecule has 80 valence electrons. The van der Waals surface area contributed by atoms with Crippen LogP contribution in [0, 0.1) is 11.8 Å². The van der Waals surface area contributed by atoms with E-state index in [1.807, 2.05) is 0 Å². The average molecular weight is 215 g/mol. The molecule has 0 aromatic rings. The standard InChI is InChI=1S/C11H19ClN2/c1-3-11-10-5-13-4-9(10)7-14(11)6-8(2)12/h9-11,13H,2-7H2,1H3. The van der Waals surface area contributed by atoms with Crippen LogP contribution in [0.3, 0.4) is 0 Å². The Kier molecular flexibility index (Phi) is 3.15. The molecule has 2 heterocycles. The second kappa shape index (κ2) is 4.21. The third-order valence-corrected chi connectivity index (χ3v) is 3.74. The SMILES string of the molecule is C=C(Cl)CN1CC2CNCC2C1CC. The van der Waals surface area contributed by atoms with Gasteiger partial charge in [0.05, 0.1) is 0 Å². The lowest BCUT2D eigenvalue weighted by Crippen LogP contribution is -2.35. The van der Waals surface area contributed by atoms with Gasteiger partial charge in [-0.15, -0.1) is 0 Å². The first-order chi connectivity index (χ1) is 6.72. The van der Waals surface area contributed by atoms with E-state index < -0.39 is 0 Å². The van der Waals surface area contributed by atoms with Crippen LogP contribution in [0.25, 0.3) is 0 Å². The molecule has 1 N–H and O–H groups in total. The minimum atomic E-state index is 0.713. The Labute approximate surface area is 91.3 Å². The molecule has 0 amide bonds. The maximum atomic E-state index is 5.88. The number of halogens is 1. The first-order valence-electron chi connectivity index (χ1n) is 5.50. The highest BCUT2D eigenvalue weighted by molar-refractivity contribution is 6.29. The lowest BCUT2D eigenvalue weighted by Gasteiger charge is -2.26. The van der Waals surface area contributed by atoms with E-state index in [4.69, 9.17) is 11.6 Å². The summed E-state index contributed by atoms with van der Waals surface area (Å²) in [6.07, 6.45) is 1.23. The highest BCUT2D eigenvalue weighted by atomic mass is 35.5. The summed E-state index contributed by atoms with van der Waals surface area (Å²) in [5, 5.41) is 4.25. The summed E-state index contributed by atoms with van der Waals surface area (Å²) in [6, 6.07) is 0.713. The maximum absolute atomic E-state index is 5.88.